The molecule has 0 N–H and O–H groups in total. The zero-order valence-corrected chi connectivity index (χ0v) is 31.1. The molecule has 53 heavy (non-hydrogen) atoms. The first-order chi connectivity index (χ1) is 25.7. The van der Waals surface area contributed by atoms with Gasteiger partial charge < -0.3 is 13.7 Å². The molecule has 0 radical (unpaired) electrons. The van der Waals surface area contributed by atoms with Crippen LogP contribution in [0.1, 0.15) is 45.7 Å². The van der Waals surface area contributed by atoms with E-state index in [1.165, 1.54) is 87.9 Å². The Balaban J connectivity index is 1.15. The molecule has 0 bridgehead atoms. The van der Waals surface area contributed by atoms with Crippen LogP contribution < -0.4 is 0 Å². The summed E-state index contributed by atoms with van der Waals surface area (Å²) in [5.74, 6) is 0. The van der Waals surface area contributed by atoms with E-state index in [4.69, 9.17) is 0 Å². The van der Waals surface area contributed by atoms with Gasteiger partial charge in [0.05, 0.1) is 33.3 Å². The van der Waals surface area contributed by atoms with Crippen LogP contribution in [0, 0.1) is 0 Å². The number of fused-ring (bicyclic) bond motifs is 9. The molecule has 0 saturated carbocycles. The van der Waals surface area contributed by atoms with Crippen molar-refractivity contribution in [2.75, 3.05) is 0 Å². The summed E-state index contributed by atoms with van der Waals surface area (Å²) in [4.78, 5) is 0. The molecule has 0 atom stereocenters. The average Bonchev–Trinajstić information content (AvgIpc) is 3.82. The standard InChI is InChI=1S/C50H43N3/c1-49(2,3)53-45-25-15-10-20-40(45)47-33(26-31-46(48(47)53)52-43-23-13-8-18-38(43)39-19-9-14-24-44(39)52)32-50(4,5)34-27-29-35(30-28-34)51-41-21-11-6-16-36(41)37-17-7-12-22-42(37)51/h6-31H,32H2,1-5H3. The maximum atomic E-state index is 2.59. The van der Waals surface area contributed by atoms with E-state index in [1.54, 1.807) is 0 Å². The zero-order chi connectivity index (χ0) is 36.1. The third-order valence-electron chi connectivity index (χ3n) is 11.5. The van der Waals surface area contributed by atoms with Crippen molar-refractivity contribution in [3.63, 3.8) is 0 Å². The molecule has 10 aromatic rings. The van der Waals surface area contributed by atoms with Crippen LogP contribution in [0.2, 0.25) is 0 Å². The van der Waals surface area contributed by atoms with Gasteiger partial charge >= 0.3 is 0 Å². The van der Waals surface area contributed by atoms with E-state index in [0.29, 0.717) is 0 Å². The molecule has 0 saturated heterocycles. The number of hydrogen-bond acceptors (Lipinski definition) is 0. The third kappa shape index (κ3) is 4.73. The normalized spacial score (nSPS) is 12.7. The number of nitrogens with zero attached hydrogens (tertiary/aromatic N) is 3. The molecule has 3 aromatic heterocycles. The lowest BCUT2D eigenvalue weighted by molar-refractivity contribution is 0.423. The number of benzene rings is 7. The molecule has 3 heterocycles. The summed E-state index contributed by atoms with van der Waals surface area (Å²) in [6, 6.07) is 58.3. The van der Waals surface area contributed by atoms with E-state index < -0.39 is 0 Å². The van der Waals surface area contributed by atoms with Crippen molar-refractivity contribution in [3.8, 4) is 11.4 Å². The Labute approximate surface area is 310 Å². The molecule has 3 nitrogen and oxygen atoms in total. The van der Waals surface area contributed by atoms with Crippen LogP contribution in [0.3, 0.4) is 0 Å². The van der Waals surface area contributed by atoms with Crippen LogP contribution in [0.15, 0.2) is 158 Å². The van der Waals surface area contributed by atoms with Crippen molar-refractivity contribution in [1.29, 1.82) is 0 Å². The van der Waals surface area contributed by atoms with E-state index >= 15 is 0 Å². The summed E-state index contributed by atoms with van der Waals surface area (Å²) in [5.41, 5.74) is 12.4. The molecule has 0 aliphatic heterocycles. The average molecular weight is 686 g/mol. The first-order valence-electron chi connectivity index (χ1n) is 18.8. The van der Waals surface area contributed by atoms with Crippen molar-refractivity contribution < 1.29 is 0 Å². The van der Waals surface area contributed by atoms with E-state index in [-0.39, 0.29) is 11.0 Å². The summed E-state index contributed by atoms with van der Waals surface area (Å²) in [6.07, 6.45) is 0.907. The fourth-order valence-corrected chi connectivity index (χ4v) is 9.20. The SMILES string of the molecule is CC(C)(Cc1ccc(-n2c3ccccc3c3ccccc32)c2c1c1ccccc1n2C(C)(C)C)c1ccc(-n2c3ccccc3c3ccccc32)cc1. The molecular formula is C50H43N3. The van der Waals surface area contributed by atoms with Gasteiger partial charge in [0.15, 0.2) is 0 Å². The maximum Gasteiger partial charge on any atom is 0.0744 e. The highest BCUT2D eigenvalue weighted by Crippen LogP contribution is 2.44. The monoisotopic (exact) mass is 685 g/mol. The minimum Gasteiger partial charge on any atom is -0.333 e. The highest BCUT2D eigenvalue weighted by Gasteiger charge is 2.29. The summed E-state index contributed by atoms with van der Waals surface area (Å²) >= 11 is 0. The fraction of sp³-hybridized carbons (Fsp3) is 0.160. The predicted molar refractivity (Wildman–Crippen MR) is 226 cm³/mol. The van der Waals surface area contributed by atoms with Crippen LogP contribution in [0.5, 0.6) is 0 Å². The number of para-hydroxylation sites is 5. The van der Waals surface area contributed by atoms with Gasteiger partial charge in [-0.3, -0.25) is 0 Å². The van der Waals surface area contributed by atoms with E-state index in [0.717, 1.165) is 6.42 Å². The van der Waals surface area contributed by atoms with Gasteiger partial charge in [0.2, 0.25) is 0 Å². The molecule has 0 fully saturated rings. The lowest BCUT2D eigenvalue weighted by Gasteiger charge is -2.28. The van der Waals surface area contributed by atoms with Crippen LogP contribution in [-0.2, 0) is 17.4 Å². The van der Waals surface area contributed by atoms with E-state index in [1.807, 2.05) is 0 Å². The Morgan fingerprint density at radius 1 is 0.415 bits per heavy atom. The second-order valence-corrected chi connectivity index (χ2v) is 16.3. The van der Waals surface area contributed by atoms with Gasteiger partial charge in [0.1, 0.15) is 0 Å². The Kier molecular flexibility index (Phi) is 6.85. The molecule has 0 amide bonds. The van der Waals surface area contributed by atoms with Crippen LogP contribution in [-0.4, -0.2) is 13.7 Å². The zero-order valence-electron chi connectivity index (χ0n) is 31.1. The van der Waals surface area contributed by atoms with Crippen molar-refractivity contribution in [2.24, 2.45) is 0 Å². The second kappa shape index (κ2) is 11.5. The Morgan fingerprint density at radius 2 is 0.849 bits per heavy atom. The van der Waals surface area contributed by atoms with Crippen LogP contribution in [0.4, 0.5) is 0 Å². The largest absolute Gasteiger partial charge is 0.333 e. The highest BCUT2D eigenvalue weighted by atomic mass is 15.1. The van der Waals surface area contributed by atoms with Gasteiger partial charge in [0, 0.05) is 49.1 Å². The Morgan fingerprint density at radius 3 is 1.34 bits per heavy atom. The first kappa shape index (κ1) is 31.7. The molecule has 258 valence electrons. The lowest BCUT2D eigenvalue weighted by Crippen LogP contribution is -2.23. The van der Waals surface area contributed by atoms with Crippen molar-refractivity contribution in [1.82, 2.24) is 13.7 Å². The predicted octanol–water partition coefficient (Wildman–Crippen LogP) is 13.3. The van der Waals surface area contributed by atoms with E-state index in [9.17, 15) is 0 Å². The molecular weight excluding hydrogens is 643 g/mol. The Hall–Kier alpha value is -6.06. The minimum absolute atomic E-state index is 0.119. The van der Waals surface area contributed by atoms with Crippen molar-refractivity contribution >= 4 is 65.4 Å². The van der Waals surface area contributed by atoms with Gasteiger partial charge in [-0.1, -0.05) is 123 Å². The van der Waals surface area contributed by atoms with Gasteiger partial charge in [-0.05, 0) is 92.3 Å². The van der Waals surface area contributed by atoms with Crippen molar-refractivity contribution in [2.45, 2.75) is 52.0 Å². The molecule has 0 aliphatic carbocycles. The molecule has 0 unspecified atom stereocenters. The first-order valence-corrected chi connectivity index (χ1v) is 18.8. The summed E-state index contributed by atoms with van der Waals surface area (Å²) in [6.45, 7) is 11.8. The van der Waals surface area contributed by atoms with Gasteiger partial charge in [-0.15, -0.1) is 0 Å². The Bertz CT molecular complexity index is 2920. The highest BCUT2D eigenvalue weighted by molar-refractivity contribution is 6.15. The number of hydrogen-bond donors (Lipinski definition) is 0. The molecule has 3 heteroatoms. The van der Waals surface area contributed by atoms with Gasteiger partial charge in [-0.2, -0.15) is 0 Å². The lowest BCUT2D eigenvalue weighted by atomic mass is 9.78. The second-order valence-electron chi connectivity index (χ2n) is 16.3. The summed E-state index contributed by atoms with van der Waals surface area (Å²) in [7, 11) is 0. The quantitative estimate of drug-likeness (QED) is 0.171. The van der Waals surface area contributed by atoms with Crippen LogP contribution >= 0.6 is 0 Å². The molecule has 0 aliphatic rings. The van der Waals surface area contributed by atoms with Crippen LogP contribution in [0.25, 0.3) is 76.8 Å². The maximum absolute atomic E-state index is 2.59. The minimum atomic E-state index is -0.147. The molecule has 7 aromatic carbocycles. The topological polar surface area (TPSA) is 14.8 Å². The smallest absolute Gasteiger partial charge is 0.0744 e. The van der Waals surface area contributed by atoms with Gasteiger partial charge in [0.25, 0.3) is 0 Å². The summed E-state index contributed by atoms with van der Waals surface area (Å²) in [5, 5.41) is 7.80. The molecule has 0 spiro atoms. The van der Waals surface area contributed by atoms with Crippen molar-refractivity contribution in [3.05, 3.63) is 169 Å². The molecule has 10 rings (SSSR count). The third-order valence-corrected chi connectivity index (χ3v) is 11.5. The van der Waals surface area contributed by atoms with E-state index in [2.05, 4.69) is 206 Å². The number of aromatic nitrogens is 3. The number of rotatable bonds is 5. The summed E-state index contributed by atoms with van der Waals surface area (Å²) < 4.78 is 7.49. The fourth-order valence-electron chi connectivity index (χ4n) is 9.20. The van der Waals surface area contributed by atoms with Gasteiger partial charge in [-0.25, -0.2) is 0 Å².